The molecule has 3 heteroatoms. The van der Waals surface area contributed by atoms with Crippen molar-refractivity contribution < 1.29 is 0 Å². The molecule has 1 heterocycles. The SMILES string of the molecule is Cc1ccc(-c2cc(C)nn2CCN)cc1. The Morgan fingerprint density at radius 2 is 1.88 bits per heavy atom. The van der Waals surface area contributed by atoms with E-state index in [0.29, 0.717) is 6.54 Å². The molecule has 2 N–H and O–H groups in total. The van der Waals surface area contributed by atoms with Gasteiger partial charge in [-0.1, -0.05) is 29.8 Å². The molecular formula is C13H17N3. The first kappa shape index (κ1) is 10.9. The predicted molar refractivity (Wildman–Crippen MR) is 66.2 cm³/mol. The summed E-state index contributed by atoms with van der Waals surface area (Å²) < 4.78 is 1.97. The van der Waals surface area contributed by atoms with Crippen LogP contribution in [0.1, 0.15) is 11.3 Å². The Morgan fingerprint density at radius 3 is 2.50 bits per heavy atom. The summed E-state index contributed by atoms with van der Waals surface area (Å²) in [6.07, 6.45) is 0. The van der Waals surface area contributed by atoms with Crippen LogP contribution >= 0.6 is 0 Å². The minimum atomic E-state index is 0.611. The molecule has 0 aliphatic carbocycles. The van der Waals surface area contributed by atoms with Crippen molar-refractivity contribution >= 4 is 0 Å². The summed E-state index contributed by atoms with van der Waals surface area (Å²) in [5.41, 5.74) is 10.2. The maximum Gasteiger partial charge on any atom is 0.0685 e. The molecule has 2 aromatic rings. The highest BCUT2D eigenvalue weighted by molar-refractivity contribution is 5.60. The second-order valence-electron chi connectivity index (χ2n) is 4.05. The van der Waals surface area contributed by atoms with Gasteiger partial charge in [-0.2, -0.15) is 5.10 Å². The summed E-state index contributed by atoms with van der Waals surface area (Å²) in [6.45, 7) is 5.47. The maximum atomic E-state index is 5.58. The van der Waals surface area contributed by atoms with E-state index >= 15 is 0 Å². The first-order chi connectivity index (χ1) is 7.70. The molecule has 0 bridgehead atoms. The van der Waals surface area contributed by atoms with Crippen molar-refractivity contribution in [2.75, 3.05) is 6.54 Å². The van der Waals surface area contributed by atoms with Gasteiger partial charge in [-0.25, -0.2) is 0 Å². The molecule has 1 aromatic carbocycles. The minimum Gasteiger partial charge on any atom is -0.329 e. The Labute approximate surface area is 95.9 Å². The zero-order valence-corrected chi connectivity index (χ0v) is 9.77. The lowest BCUT2D eigenvalue weighted by Crippen LogP contribution is -2.12. The number of aromatic nitrogens is 2. The van der Waals surface area contributed by atoms with E-state index in [0.717, 1.165) is 17.9 Å². The molecule has 0 unspecified atom stereocenters. The van der Waals surface area contributed by atoms with E-state index in [-0.39, 0.29) is 0 Å². The largest absolute Gasteiger partial charge is 0.329 e. The van der Waals surface area contributed by atoms with Gasteiger partial charge in [0.05, 0.1) is 17.9 Å². The number of aryl methyl sites for hydroxylation is 2. The molecule has 2 rings (SSSR count). The summed E-state index contributed by atoms with van der Waals surface area (Å²) in [5, 5.41) is 4.44. The monoisotopic (exact) mass is 215 g/mol. The first-order valence-corrected chi connectivity index (χ1v) is 5.52. The molecule has 3 nitrogen and oxygen atoms in total. The van der Waals surface area contributed by atoms with Crippen molar-refractivity contribution in [2.45, 2.75) is 20.4 Å². The average molecular weight is 215 g/mol. The molecule has 84 valence electrons. The molecule has 16 heavy (non-hydrogen) atoms. The number of nitrogens with two attached hydrogens (primary N) is 1. The standard InChI is InChI=1S/C13H17N3/c1-10-3-5-12(6-4-10)13-9-11(2)15-16(13)8-7-14/h3-6,9H,7-8,14H2,1-2H3. The van der Waals surface area contributed by atoms with Gasteiger partial charge in [0, 0.05) is 6.54 Å². The van der Waals surface area contributed by atoms with Crippen LogP contribution in [0.3, 0.4) is 0 Å². The van der Waals surface area contributed by atoms with Crippen LogP contribution in [-0.4, -0.2) is 16.3 Å². The predicted octanol–water partition coefficient (Wildman–Crippen LogP) is 2.13. The van der Waals surface area contributed by atoms with Gasteiger partial charge < -0.3 is 5.73 Å². The van der Waals surface area contributed by atoms with Crippen LogP contribution in [0.5, 0.6) is 0 Å². The zero-order chi connectivity index (χ0) is 11.5. The summed E-state index contributed by atoms with van der Waals surface area (Å²) in [4.78, 5) is 0. The summed E-state index contributed by atoms with van der Waals surface area (Å²) >= 11 is 0. The Hall–Kier alpha value is -1.61. The van der Waals surface area contributed by atoms with Crippen molar-refractivity contribution in [3.8, 4) is 11.3 Å². The van der Waals surface area contributed by atoms with Crippen LogP contribution in [0.15, 0.2) is 30.3 Å². The molecular weight excluding hydrogens is 198 g/mol. The lowest BCUT2D eigenvalue weighted by molar-refractivity contribution is 0.626. The lowest BCUT2D eigenvalue weighted by Gasteiger charge is -2.06. The van der Waals surface area contributed by atoms with E-state index in [1.54, 1.807) is 0 Å². The minimum absolute atomic E-state index is 0.611. The third-order valence-corrected chi connectivity index (χ3v) is 2.59. The summed E-state index contributed by atoms with van der Waals surface area (Å²) in [6, 6.07) is 10.6. The highest BCUT2D eigenvalue weighted by Gasteiger charge is 2.06. The Balaban J connectivity index is 2.42. The molecule has 0 saturated heterocycles. The second kappa shape index (κ2) is 4.49. The van der Waals surface area contributed by atoms with E-state index in [9.17, 15) is 0 Å². The van der Waals surface area contributed by atoms with Crippen molar-refractivity contribution in [1.82, 2.24) is 9.78 Å². The van der Waals surface area contributed by atoms with Crippen LogP contribution in [0.2, 0.25) is 0 Å². The molecule has 0 amide bonds. The van der Waals surface area contributed by atoms with Crippen molar-refractivity contribution in [3.63, 3.8) is 0 Å². The van der Waals surface area contributed by atoms with Gasteiger partial charge in [-0.15, -0.1) is 0 Å². The van der Waals surface area contributed by atoms with Crippen molar-refractivity contribution in [2.24, 2.45) is 5.73 Å². The van der Waals surface area contributed by atoms with Crippen LogP contribution < -0.4 is 5.73 Å². The molecule has 0 spiro atoms. The van der Waals surface area contributed by atoms with E-state index in [1.165, 1.54) is 11.1 Å². The second-order valence-corrected chi connectivity index (χ2v) is 4.05. The highest BCUT2D eigenvalue weighted by Crippen LogP contribution is 2.20. The molecule has 0 aliphatic heterocycles. The third-order valence-electron chi connectivity index (χ3n) is 2.59. The smallest absolute Gasteiger partial charge is 0.0685 e. The van der Waals surface area contributed by atoms with E-state index in [2.05, 4.69) is 42.4 Å². The van der Waals surface area contributed by atoms with Crippen LogP contribution in [0.4, 0.5) is 0 Å². The zero-order valence-electron chi connectivity index (χ0n) is 9.77. The van der Waals surface area contributed by atoms with Crippen molar-refractivity contribution in [3.05, 3.63) is 41.6 Å². The molecule has 0 saturated carbocycles. The number of rotatable bonds is 3. The Bertz CT molecular complexity index is 468. The lowest BCUT2D eigenvalue weighted by atomic mass is 10.1. The molecule has 0 atom stereocenters. The fraction of sp³-hybridized carbons (Fsp3) is 0.308. The molecule has 0 aliphatic rings. The van der Waals surface area contributed by atoms with E-state index in [1.807, 2.05) is 11.6 Å². The number of nitrogens with zero attached hydrogens (tertiary/aromatic N) is 2. The number of hydrogen-bond acceptors (Lipinski definition) is 2. The van der Waals surface area contributed by atoms with Gasteiger partial charge in [-0.05, 0) is 25.5 Å². The van der Waals surface area contributed by atoms with E-state index < -0.39 is 0 Å². The average Bonchev–Trinajstić information content (AvgIpc) is 2.61. The van der Waals surface area contributed by atoms with Gasteiger partial charge in [0.2, 0.25) is 0 Å². The van der Waals surface area contributed by atoms with Crippen molar-refractivity contribution in [1.29, 1.82) is 0 Å². The molecule has 0 radical (unpaired) electrons. The Kier molecular flexibility index (Phi) is 3.06. The fourth-order valence-electron chi connectivity index (χ4n) is 1.79. The Morgan fingerprint density at radius 1 is 1.19 bits per heavy atom. The highest BCUT2D eigenvalue weighted by atomic mass is 15.3. The summed E-state index contributed by atoms with van der Waals surface area (Å²) in [7, 11) is 0. The van der Waals surface area contributed by atoms with Gasteiger partial charge in [0.1, 0.15) is 0 Å². The molecule has 0 fully saturated rings. The topological polar surface area (TPSA) is 43.8 Å². The first-order valence-electron chi connectivity index (χ1n) is 5.52. The fourth-order valence-corrected chi connectivity index (χ4v) is 1.79. The van der Waals surface area contributed by atoms with Crippen LogP contribution in [0, 0.1) is 13.8 Å². The van der Waals surface area contributed by atoms with Crippen LogP contribution in [0.25, 0.3) is 11.3 Å². The normalized spacial score (nSPS) is 10.7. The number of hydrogen-bond donors (Lipinski definition) is 1. The maximum absolute atomic E-state index is 5.58. The third kappa shape index (κ3) is 2.14. The van der Waals surface area contributed by atoms with Gasteiger partial charge >= 0.3 is 0 Å². The van der Waals surface area contributed by atoms with Gasteiger partial charge in [0.15, 0.2) is 0 Å². The number of benzene rings is 1. The van der Waals surface area contributed by atoms with Crippen LogP contribution in [-0.2, 0) is 6.54 Å². The summed E-state index contributed by atoms with van der Waals surface area (Å²) in [5.74, 6) is 0. The quantitative estimate of drug-likeness (QED) is 0.852. The van der Waals surface area contributed by atoms with E-state index in [4.69, 9.17) is 5.73 Å². The molecule has 1 aromatic heterocycles. The van der Waals surface area contributed by atoms with Gasteiger partial charge in [0.25, 0.3) is 0 Å². The van der Waals surface area contributed by atoms with Gasteiger partial charge in [-0.3, -0.25) is 4.68 Å².